The van der Waals surface area contributed by atoms with Gasteiger partial charge in [0.2, 0.25) is 0 Å². The molecule has 0 saturated heterocycles. The maximum atomic E-state index is 12.4. The van der Waals surface area contributed by atoms with Crippen molar-refractivity contribution in [2.45, 2.75) is 6.61 Å². The van der Waals surface area contributed by atoms with Gasteiger partial charge in [-0.2, -0.15) is 0 Å². The lowest BCUT2D eigenvalue weighted by Crippen LogP contribution is -2.11. The van der Waals surface area contributed by atoms with Gasteiger partial charge >= 0.3 is 5.69 Å². The van der Waals surface area contributed by atoms with Crippen LogP contribution in [0.4, 0.5) is 5.69 Å². The van der Waals surface area contributed by atoms with Crippen LogP contribution in [0.5, 0.6) is 5.75 Å². The number of hydrogen-bond acceptors (Lipinski definition) is 3. The van der Waals surface area contributed by atoms with Crippen LogP contribution in [-0.4, -0.2) is 15.9 Å². The topological polar surface area (TPSA) is 87.0 Å². The summed E-state index contributed by atoms with van der Waals surface area (Å²) in [6.45, 7) is 0.434. The number of H-pyrrole nitrogens is 2. The SMILES string of the molecule is O=C(Nc1ccc2[nH]c(=O)[nH]c2c1)c1ccc(COc2ccccc2)cc1. The highest BCUT2D eigenvalue weighted by Gasteiger charge is 2.08. The van der Waals surface area contributed by atoms with Gasteiger partial charge in [0.15, 0.2) is 0 Å². The molecule has 0 aliphatic rings. The molecule has 0 aliphatic carbocycles. The van der Waals surface area contributed by atoms with E-state index in [9.17, 15) is 9.59 Å². The lowest BCUT2D eigenvalue weighted by atomic mass is 10.1. The van der Waals surface area contributed by atoms with Gasteiger partial charge in [-0.3, -0.25) is 4.79 Å². The van der Waals surface area contributed by atoms with Gasteiger partial charge < -0.3 is 20.0 Å². The van der Waals surface area contributed by atoms with E-state index in [1.165, 1.54) is 0 Å². The molecule has 0 saturated carbocycles. The van der Waals surface area contributed by atoms with Gasteiger partial charge in [0, 0.05) is 11.3 Å². The van der Waals surface area contributed by atoms with Crippen LogP contribution in [-0.2, 0) is 6.61 Å². The van der Waals surface area contributed by atoms with Gasteiger partial charge in [0.1, 0.15) is 12.4 Å². The third-order valence-corrected chi connectivity index (χ3v) is 4.14. The second kappa shape index (κ2) is 7.21. The Kier molecular flexibility index (Phi) is 4.45. The molecule has 6 nitrogen and oxygen atoms in total. The highest BCUT2D eigenvalue weighted by Crippen LogP contribution is 2.16. The second-order valence-corrected chi connectivity index (χ2v) is 6.09. The van der Waals surface area contributed by atoms with Crippen molar-refractivity contribution in [1.29, 1.82) is 0 Å². The van der Waals surface area contributed by atoms with Crippen LogP contribution in [0, 0.1) is 0 Å². The number of fused-ring (bicyclic) bond motifs is 1. The Bertz CT molecular complexity index is 1130. The molecular formula is C21H17N3O3. The van der Waals surface area contributed by atoms with Gasteiger partial charge in [0.05, 0.1) is 11.0 Å². The number of para-hydroxylation sites is 1. The number of aromatic amines is 2. The van der Waals surface area contributed by atoms with Crippen LogP contribution < -0.4 is 15.7 Å². The lowest BCUT2D eigenvalue weighted by Gasteiger charge is -2.08. The number of nitrogens with one attached hydrogen (secondary N) is 3. The van der Waals surface area contributed by atoms with Gasteiger partial charge in [-0.1, -0.05) is 30.3 Å². The van der Waals surface area contributed by atoms with E-state index >= 15 is 0 Å². The maximum Gasteiger partial charge on any atom is 0.323 e. The highest BCUT2D eigenvalue weighted by atomic mass is 16.5. The van der Waals surface area contributed by atoms with Crippen LogP contribution in [0.15, 0.2) is 77.6 Å². The molecule has 6 heteroatoms. The van der Waals surface area contributed by atoms with Crippen molar-refractivity contribution in [2.75, 3.05) is 5.32 Å². The molecule has 3 N–H and O–H groups in total. The molecule has 0 fully saturated rings. The van der Waals surface area contributed by atoms with Crippen molar-refractivity contribution in [3.63, 3.8) is 0 Å². The van der Waals surface area contributed by atoms with Crippen LogP contribution in [0.25, 0.3) is 11.0 Å². The zero-order valence-electron chi connectivity index (χ0n) is 14.4. The molecule has 0 aliphatic heterocycles. The molecule has 4 rings (SSSR count). The fraction of sp³-hybridized carbons (Fsp3) is 0.0476. The average molecular weight is 359 g/mol. The summed E-state index contributed by atoms with van der Waals surface area (Å²) in [4.78, 5) is 29.1. The van der Waals surface area contributed by atoms with E-state index in [0.717, 1.165) is 11.3 Å². The van der Waals surface area contributed by atoms with Crippen molar-refractivity contribution >= 4 is 22.6 Å². The summed E-state index contributed by atoms with van der Waals surface area (Å²) in [6.07, 6.45) is 0. The van der Waals surface area contributed by atoms with Crippen LogP contribution in [0.3, 0.4) is 0 Å². The molecule has 134 valence electrons. The predicted octanol–water partition coefficient (Wildman–Crippen LogP) is 3.69. The van der Waals surface area contributed by atoms with E-state index in [4.69, 9.17) is 4.74 Å². The first-order valence-electron chi connectivity index (χ1n) is 8.47. The minimum absolute atomic E-state index is 0.220. The third-order valence-electron chi connectivity index (χ3n) is 4.14. The zero-order chi connectivity index (χ0) is 18.6. The number of amides is 1. The molecule has 4 aromatic rings. The fourth-order valence-corrected chi connectivity index (χ4v) is 2.75. The number of anilines is 1. The Morgan fingerprint density at radius 2 is 1.63 bits per heavy atom. The van der Waals surface area contributed by atoms with Crippen LogP contribution in [0.1, 0.15) is 15.9 Å². The predicted molar refractivity (Wildman–Crippen MR) is 104 cm³/mol. The zero-order valence-corrected chi connectivity index (χ0v) is 14.4. The number of carbonyl (C=O) groups excluding carboxylic acids is 1. The number of ether oxygens (including phenoxy) is 1. The minimum Gasteiger partial charge on any atom is -0.489 e. The van der Waals surface area contributed by atoms with E-state index in [1.807, 2.05) is 42.5 Å². The van der Waals surface area contributed by atoms with Gasteiger partial charge in [0.25, 0.3) is 5.91 Å². The summed E-state index contributed by atoms with van der Waals surface area (Å²) >= 11 is 0. The smallest absolute Gasteiger partial charge is 0.323 e. The number of imidazole rings is 1. The number of benzene rings is 3. The van der Waals surface area contributed by atoms with Gasteiger partial charge in [-0.15, -0.1) is 0 Å². The van der Waals surface area contributed by atoms with Crippen molar-refractivity contribution in [1.82, 2.24) is 9.97 Å². The Balaban J connectivity index is 1.41. The van der Waals surface area contributed by atoms with Crippen LogP contribution >= 0.6 is 0 Å². The van der Waals surface area contributed by atoms with E-state index in [1.54, 1.807) is 30.3 Å². The molecular weight excluding hydrogens is 342 g/mol. The molecule has 0 spiro atoms. The van der Waals surface area contributed by atoms with Crippen molar-refractivity contribution in [3.05, 3.63) is 94.4 Å². The minimum atomic E-state index is -0.276. The number of aromatic nitrogens is 2. The standard InChI is InChI=1S/C21H17N3O3/c25-20(22-16-10-11-18-19(12-16)24-21(26)23-18)15-8-6-14(7-9-15)13-27-17-4-2-1-3-5-17/h1-12H,13H2,(H,22,25)(H2,23,24,26). The van der Waals surface area contributed by atoms with Gasteiger partial charge in [-0.25, -0.2) is 4.79 Å². The molecule has 1 heterocycles. The molecule has 27 heavy (non-hydrogen) atoms. The van der Waals surface area contributed by atoms with E-state index in [-0.39, 0.29) is 11.6 Å². The Morgan fingerprint density at radius 3 is 2.41 bits per heavy atom. The summed E-state index contributed by atoms with van der Waals surface area (Å²) in [5.74, 6) is 0.584. The molecule has 3 aromatic carbocycles. The quantitative estimate of drug-likeness (QED) is 0.508. The first kappa shape index (κ1) is 16.7. The van der Waals surface area contributed by atoms with Crippen molar-refractivity contribution in [3.8, 4) is 5.75 Å². The molecule has 1 amide bonds. The fourth-order valence-electron chi connectivity index (χ4n) is 2.75. The second-order valence-electron chi connectivity index (χ2n) is 6.09. The van der Waals surface area contributed by atoms with Crippen molar-refractivity contribution < 1.29 is 9.53 Å². The average Bonchev–Trinajstić information content (AvgIpc) is 3.07. The third kappa shape index (κ3) is 3.90. The number of carbonyl (C=O) groups is 1. The molecule has 0 atom stereocenters. The van der Waals surface area contributed by atoms with Crippen LogP contribution in [0.2, 0.25) is 0 Å². The first-order chi connectivity index (χ1) is 13.2. The number of rotatable bonds is 5. The summed E-state index contributed by atoms with van der Waals surface area (Å²) in [5, 5.41) is 2.83. The Labute approximate surface area is 154 Å². The maximum absolute atomic E-state index is 12.4. The highest BCUT2D eigenvalue weighted by molar-refractivity contribution is 6.04. The summed E-state index contributed by atoms with van der Waals surface area (Å²) < 4.78 is 5.70. The normalized spacial score (nSPS) is 10.7. The molecule has 0 bridgehead atoms. The first-order valence-corrected chi connectivity index (χ1v) is 8.47. The summed E-state index contributed by atoms with van der Waals surface area (Å²) in [7, 11) is 0. The summed E-state index contributed by atoms with van der Waals surface area (Å²) in [6, 6.07) is 22.0. The monoisotopic (exact) mass is 359 g/mol. The van der Waals surface area contributed by atoms with E-state index in [0.29, 0.717) is 28.9 Å². The molecule has 0 unspecified atom stereocenters. The van der Waals surface area contributed by atoms with E-state index < -0.39 is 0 Å². The molecule has 0 radical (unpaired) electrons. The van der Waals surface area contributed by atoms with Crippen molar-refractivity contribution in [2.24, 2.45) is 0 Å². The lowest BCUT2D eigenvalue weighted by molar-refractivity contribution is 0.102. The Hall–Kier alpha value is -3.80. The number of hydrogen-bond donors (Lipinski definition) is 3. The van der Waals surface area contributed by atoms with E-state index in [2.05, 4.69) is 15.3 Å². The summed E-state index contributed by atoms with van der Waals surface area (Å²) in [5.41, 5.74) is 3.19. The largest absolute Gasteiger partial charge is 0.489 e. The molecule has 1 aromatic heterocycles. The van der Waals surface area contributed by atoms with Gasteiger partial charge in [-0.05, 0) is 48.0 Å². The Morgan fingerprint density at radius 1 is 0.889 bits per heavy atom.